The summed E-state index contributed by atoms with van der Waals surface area (Å²) in [5, 5.41) is 17.6. The number of hydrogen-bond donors (Lipinski definition) is 1. The Morgan fingerprint density at radius 2 is 2.00 bits per heavy atom. The average Bonchev–Trinajstić information content (AvgIpc) is 2.38. The van der Waals surface area contributed by atoms with Crippen molar-refractivity contribution in [1.82, 2.24) is 4.31 Å². The third-order valence-electron chi connectivity index (χ3n) is 3.21. The molecule has 0 saturated carbocycles. The summed E-state index contributed by atoms with van der Waals surface area (Å²) in [6.07, 6.45) is 0.233. The molecule has 1 aromatic rings. The maximum Gasteiger partial charge on any atom is 0.230 e. The first kappa shape index (κ1) is 15.5. The van der Waals surface area contributed by atoms with Gasteiger partial charge in [-0.3, -0.25) is 0 Å². The summed E-state index contributed by atoms with van der Waals surface area (Å²) in [6.45, 7) is 3.33. The molecule has 2 atom stereocenters. The van der Waals surface area contributed by atoms with Crippen LogP contribution in [0.2, 0.25) is 0 Å². The summed E-state index contributed by atoms with van der Waals surface area (Å²) in [6, 6.07) is 7.84. The normalized spacial score (nSPS) is 14.9. The van der Waals surface area contributed by atoms with E-state index >= 15 is 0 Å². The minimum Gasteiger partial charge on any atom is -0.508 e. The minimum atomic E-state index is -3.70. The smallest absolute Gasteiger partial charge is 0.230 e. The van der Waals surface area contributed by atoms with Crippen LogP contribution in [0.3, 0.4) is 0 Å². The molecule has 0 aliphatic rings. The fraction of sp³-hybridized carbons (Fsp3) is 0.462. The molecule has 0 spiro atoms. The van der Waals surface area contributed by atoms with E-state index in [1.807, 2.05) is 0 Å². The molecule has 6 heteroatoms. The maximum absolute atomic E-state index is 12.2. The number of phenols is 1. The van der Waals surface area contributed by atoms with Crippen LogP contribution >= 0.6 is 0 Å². The first-order valence-corrected chi connectivity index (χ1v) is 7.50. The second-order valence-corrected chi connectivity index (χ2v) is 6.50. The third-order valence-corrected chi connectivity index (χ3v) is 5.48. The molecule has 2 unspecified atom stereocenters. The van der Waals surface area contributed by atoms with Crippen LogP contribution in [-0.4, -0.2) is 30.1 Å². The fourth-order valence-corrected chi connectivity index (χ4v) is 3.34. The molecule has 19 heavy (non-hydrogen) atoms. The second-order valence-electron chi connectivity index (χ2n) is 4.32. The molecule has 0 aliphatic heterocycles. The van der Waals surface area contributed by atoms with Crippen molar-refractivity contribution in [2.75, 3.05) is 7.05 Å². The van der Waals surface area contributed by atoms with Gasteiger partial charge in [0.05, 0.1) is 12.1 Å². The van der Waals surface area contributed by atoms with Gasteiger partial charge in [-0.1, -0.05) is 25.1 Å². The van der Waals surface area contributed by atoms with Gasteiger partial charge in [-0.2, -0.15) is 9.57 Å². The Kier molecular flexibility index (Phi) is 4.92. The Bertz CT molecular complexity index is 578. The van der Waals surface area contributed by atoms with Crippen LogP contribution < -0.4 is 0 Å². The molecule has 1 rings (SSSR count). The lowest BCUT2D eigenvalue weighted by Crippen LogP contribution is -2.36. The van der Waals surface area contributed by atoms with Crippen molar-refractivity contribution in [1.29, 1.82) is 5.26 Å². The van der Waals surface area contributed by atoms with Crippen LogP contribution in [0.4, 0.5) is 0 Å². The Morgan fingerprint density at radius 3 is 2.47 bits per heavy atom. The standard InChI is InChI=1S/C13H18N2O3S/c1-4-11(9-14)19(17,18)15(3)10(2)12-7-5-6-8-13(12)16/h5-8,10-11,16H,4H2,1-3H3. The van der Waals surface area contributed by atoms with Crippen LogP contribution in [0, 0.1) is 11.3 Å². The van der Waals surface area contributed by atoms with Gasteiger partial charge in [-0.05, 0) is 19.4 Å². The number of sulfonamides is 1. The molecule has 0 radical (unpaired) electrons. The highest BCUT2D eigenvalue weighted by Crippen LogP contribution is 2.30. The van der Waals surface area contributed by atoms with Gasteiger partial charge in [0, 0.05) is 12.6 Å². The minimum absolute atomic E-state index is 0.0436. The van der Waals surface area contributed by atoms with E-state index in [1.54, 1.807) is 38.1 Å². The zero-order valence-electron chi connectivity index (χ0n) is 11.2. The zero-order chi connectivity index (χ0) is 14.6. The number of aromatic hydroxyl groups is 1. The zero-order valence-corrected chi connectivity index (χ0v) is 12.1. The van der Waals surface area contributed by atoms with Crippen molar-refractivity contribution < 1.29 is 13.5 Å². The van der Waals surface area contributed by atoms with Gasteiger partial charge in [0.25, 0.3) is 0 Å². The number of hydrogen-bond acceptors (Lipinski definition) is 4. The highest BCUT2D eigenvalue weighted by atomic mass is 32.2. The van der Waals surface area contributed by atoms with E-state index in [1.165, 1.54) is 13.1 Å². The van der Waals surface area contributed by atoms with Crippen molar-refractivity contribution in [2.24, 2.45) is 0 Å². The summed E-state index contributed by atoms with van der Waals surface area (Å²) in [7, 11) is -2.28. The number of nitrogens with zero attached hydrogens (tertiary/aromatic N) is 2. The van der Waals surface area contributed by atoms with Crippen molar-refractivity contribution in [3.05, 3.63) is 29.8 Å². The quantitative estimate of drug-likeness (QED) is 0.895. The number of rotatable bonds is 5. The highest BCUT2D eigenvalue weighted by molar-refractivity contribution is 7.90. The number of phenolic OH excluding ortho intramolecular Hbond substituents is 1. The average molecular weight is 282 g/mol. The molecular formula is C13H18N2O3S. The molecule has 0 heterocycles. The topological polar surface area (TPSA) is 81.4 Å². The van der Waals surface area contributed by atoms with Crippen molar-refractivity contribution in [2.45, 2.75) is 31.6 Å². The Morgan fingerprint density at radius 1 is 1.42 bits per heavy atom. The van der Waals surface area contributed by atoms with Gasteiger partial charge in [0.2, 0.25) is 10.0 Å². The lowest BCUT2D eigenvalue weighted by Gasteiger charge is -2.26. The van der Waals surface area contributed by atoms with E-state index in [4.69, 9.17) is 5.26 Å². The molecule has 0 bridgehead atoms. The lowest BCUT2D eigenvalue weighted by atomic mass is 10.1. The predicted molar refractivity (Wildman–Crippen MR) is 72.9 cm³/mol. The monoisotopic (exact) mass is 282 g/mol. The third kappa shape index (κ3) is 3.06. The van der Waals surface area contributed by atoms with E-state index in [9.17, 15) is 13.5 Å². The predicted octanol–water partition coefficient (Wildman–Crippen LogP) is 2.02. The van der Waals surface area contributed by atoms with Crippen LogP contribution in [0.5, 0.6) is 5.75 Å². The lowest BCUT2D eigenvalue weighted by molar-refractivity contribution is 0.378. The van der Waals surface area contributed by atoms with Gasteiger partial charge >= 0.3 is 0 Å². The fourth-order valence-electron chi connectivity index (χ4n) is 1.83. The molecule has 0 fully saturated rings. The molecule has 1 N–H and O–H groups in total. The summed E-state index contributed by atoms with van der Waals surface area (Å²) < 4.78 is 25.6. The summed E-state index contributed by atoms with van der Waals surface area (Å²) >= 11 is 0. The number of nitriles is 1. The first-order valence-electron chi connectivity index (χ1n) is 6.00. The highest BCUT2D eigenvalue weighted by Gasteiger charge is 2.32. The van der Waals surface area contributed by atoms with E-state index in [0.29, 0.717) is 5.56 Å². The van der Waals surface area contributed by atoms with Gasteiger partial charge in [0.15, 0.2) is 5.25 Å². The number of benzene rings is 1. The van der Waals surface area contributed by atoms with E-state index in [2.05, 4.69) is 0 Å². The van der Waals surface area contributed by atoms with E-state index in [-0.39, 0.29) is 12.2 Å². The van der Waals surface area contributed by atoms with Crippen molar-refractivity contribution >= 4 is 10.0 Å². The maximum atomic E-state index is 12.2. The van der Waals surface area contributed by atoms with Crippen LogP contribution in [0.15, 0.2) is 24.3 Å². The van der Waals surface area contributed by atoms with E-state index < -0.39 is 21.3 Å². The van der Waals surface area contributed by atoms with Crippen molar-refractivity contribution in [3.8, 4) is 11.8 Å². The molecule has 1 aromatic carbocycles. The van der Waals surface area contributed by atoms with Crippen molar-refractivity contribution in [3.63, 3.8) is 0 Å². The molecule has 5 nitrogen and oxygen atoms in total. The Hall–Kier alpha value is -1.58. The SMILES string of the molecule is CCC(C#N)S(=O)(=O)N(C)C(C)c1ccccc1O. The summed E-state index contributed by atoms with van der Waals surface area (Å²) in [5.41, 5.74) is 0.515. The van der Waals surface area contributed by atoms with Gasteiger partial charge < -0.3 is 5.11 Å². The van der Waals surface area contributed by atoms with Crippen LogP contribution in [-0.2, 0) is 10.0 Å². The molecule has 0 amide bonds. The molecule has 104 valence electrons. The van der Waals surface area contributed by atoms with Gasteiger partial charge in [0.1, 0.15) is 5.75 Å². The molecular weight excluding hydrogens is 264 g/mol. The van der Waals surface area contributed by atoms with Crippen LogP contribution in [0.1, 0.15) is 31.9 Å². The number of para-hydroxylation sites is 1. The van der Waals surface area contributed by atoms with E-state index in [0.717, 1.165) is 4.31 Å². The largest absolute Gasteiger partial charge is 0.508 e. The van der Waals surface area contributed by atoms with Crippen LogP contribution in [0.25, 0.3) is 0 Å². The van der Waals surface area contributed by atoms with Gasteiger partial charge in [-0.15, -0.1) is 0 Å². The molecule has 0 aromatic heterocycles. The Balaban J connectivity index is 3.11. The van der Waals surface area contributed by atoms with Gasteiger partial charge in [-0.25, -0.2) is 8.42 Å². The summed E-state index contributed by atoms with van der Waals surface area (Å²) in [5.74, 6) is 0.0436. The second kappa shape index (κ2) is 6.04. The Labute approximate surface area is 114 Å². The summed E-state index contributed by atoms with van der Waals surface area (Å²) in [4.78, 5) is 0. The molecule has 0 saturated heterocycles. The first-order chi connectivity index (χ1) is 8.86. The molecule has 0 aliphatic carbocycles.